The second kappa shape index (κ2) is 6.99. The fraction of sp³-hybridized carbons (Fsp3) is 0.667. The molecule has 1 unspecified atom stereocenters. The summed E-state index contributed by atoms with van der Waals surface area (Å²) in [5.41, 5.74) is 1.40. The summed E-state index contributed by atoms with van der Waals surface area (Å²) >= 11 is 1.76. The van der Waals surface area contributed by atoms with Gasteiger partial charge in [-0.2, -0.15) is 11.3 Å². The van der Waals surface area contributed by atoms with Crippen molar-refractivity contribution in [2.75, 3.05) is 19.6 Å². The topological polar surface area (TPSA) is 15.3 Å². The fourth-order valence-electron chi connectivity index (χ4n) is 1.79. The van der Waals surface area contributed by atoms with E-state index in [2.05, 4.69) is 47.8 Å². The predicted octanol–water partition coefficient (Wildman–Crippen LogP) is 2.57. The van der Waals surface area contributed by atoms with Crippen molar-refractivity contribution >= 4 is 11.3 Å². The first-order valence-corrected chi connectivity index (χ1v) is 6.68. The molecule has 0 aliphatic carbocycles. The number of hydrogen-bond donors (Lipinski definition) is 1. The van der Waals surface area contributed by atoms with Crippen LogP contribution in [0.1, 0.15) is 26.3 Å². The summed E-state index contributed by atoms with van der Waals surface area (Å²) in [6, 6.07) is 2.80. The normalized spacial score (nSPS) is 13.3. The highest BCUT2D eigenvalue weighted by atomic mass is 32.1. The van der Waals surface area contributed by atoms with Gasteiger partial charge in [-0.25, -0.2) is 0 Å². The molecule has 0 saturated carbocycles. The maximum atomic E-state index is 3.50. The summed E-state index contributed by atoms with van der Waals surface area (Å²) in [4.78, 5) is 2.47. The Morgan fingerprint density at radius 1 is 1.40 bits per heavy atom. The SMILES string of the molecule is CCN(CC)C(C)CNCc1ccsc1. The van der Waals surface area contributed by atoms with Crippen LogP contribution >= 0.6 is 11.3 Å². The predicted molar refractivity (Wildman–Crippen MR) is 68.4 cm³/mol. The van der Waals surface area contributed by atoms with Gasteiger partial charge >= 0.3 is 0 Å². The van der Waals surface area contributed by atoms with Gasteiger partial charge in [-0.1, -0.05) is 13.8 Å². The van der Waals surface area contributed by atoms with Crippen molar-refractivity contribution in [3.05, 3.63) is 22.4 Å². The lowest BCUT2D eigenvalue weighted by Gasteiger charge is -2.26. The number of rotatable bonds is 7. The molecule has 0 bridgehead atoms. The molecule has 0 spiro atoms. The Morgan fingerprint density at radius 2 is 2.13 bits per heavy atom. The van der Waals surface area contributed by atoms with Crippen LogP contribution in [0.15, 0.2) is 16.8 Å². The van der Waals surface area contributed by atoms with Crippen molar-refractivity contribution in [1.29, 1.82) is 0 Å². The Balaban J connectivity index is 2.19. The zero-order valence-electron chi connectivity index (χ0n) is 9.99. The second-order valence-electron chi connectivity index (χ2n) is 3.83. The fourth-order valence-corrected chi connectivity index (χ4v) is 2.46. The van der Waals surface area contributed by atoms with E-state index in [9.17, 15) is 0 Å². The number of nitrogens with zero attached hydrogens (tertiary/aromatic N) is 1. The summed E-state index contributed by atoms with van der Waals surface area (Å²) in [7, 11) is 0. The van der Waals surface area contributed by atoms with Gasteiger partial charge in [0.25, 0.3) is 0 Å². The molecule has 0 radical (unpaired) electrons. The smallest absolute Gasteiger partial charge is 0.0214 e. The quantitative estimate of drug-likeness (QED) is 0.769. The molecule has 0 saturated heterocycles. The number of likely N-dealkylation sites (N-methyl/N-ethyl adjacent to an activating group) is 1. The molecule has 0 fully saturated rings. The highest BCUT2D eigenvalue weighted by molar-refractivity contribution is 7.07. The highest BCUT2D eigenvalue weighted by Gasteiger charge is 2.08. The molecule has 86 valence electrons. The Labute approximate surface area is 97.3 Å². The van der Waals surface area contributed by atoms with Gasteiger partial charge < -0.3 is 5.32 Å². The van der Waals surface area contributed by atoms with Crippen molar-refractivity contribution in [2.24, 2.45) is 0 Å². The lowest BCUT2D eigenvalue weighted by molar-refractivity contribution is 0.225. The van der Waals surface area contributed by atoms with E-state index in [0.717, 1.165) is 26.2 Å². The van der Waals surface area contributed by atoms with E-state index in [4.69, 9.17) is 0 Å². The lowest BCUT2D eigenvalue weighted by atomic mass is 10.2. The summed E-state index contributed by atoms with van der Waals surface area (Å²) in [6.07, 6.45) is 0. The van der Waals surface area contributed by atoms with Crippen molar-refractivity contribution in [3.8, 4) is 0 Å². The Bertz CT molecular complexity index is 242. The van der Waals surface area contributed by atoms with E-state index in [0.29, 0.717) is 6.04 Å². The van der Waals surface area contributed by atoms with Crippen LogP contribution in [0.4, 0.5) is 0 Å². The monoisotopic (exact) mass is 226 g/mol. The number of nitrogens with one attached hydrogen (secondary N) is 1. The van der Waals surface area contributed by atoms with Crippen molar-refractivity contribution in [2.45, 2.75) is 33.4 Å². The third-order valence-electron chi connectivity index (χ3n) is 2.78. The van der Waals surface area contributed by atoms with E-state index >= 15 is 0 Å². The van der Waals surface area contributed by atoms with E-state index in [-0.39, 0.29) is 0 Å². The molecular weight excluding hydrogens is 204 g/mol. The maximum absolute atomic E-state index is 3.50. The van der Waals surface area contributed by atoms with Crippen molar-refractivity contribution in [3.63, 3.8) is 0 Å². The molecule has 1 rings (SSSR count). The summed E-state index contributed by atoms with van der Waals surface area (Å²) in [5, 5.41) is 7.83. The van der Waals surface area contributed by atoms with Crippen LogP contribution in [0.5, 0.6) is 0 Å². The van der Waals surface area contributed by atoms with Crippen molar-refractivity contribution in [1.82, 2.24) is 10.2 Å². The summed E-state index contributed by atoms with van der Waals surface area (Å²) in [5.74, 6) is 0. The van der Waals surface area contributed by atoms with Crippen molar-refractivity contribution < 1.29 is 0 Å². The average molecular weight is 226 g/mol. The molecule has 1 aromatic heterocycles. The molecule has 1 N–H and O–H groups in total. The molecule has 1 aromatic rings. The number of thiophene rings is 1. The van der Waals surface area contributed by atoms with Gasteiger partial charge in [0.05, 0.1) is 0 Å². The van der Waals surface area contributed by atoms with Crippen LogP contribution in [-0.4, -0.2) is 30.6 Å². The zero-order valence-corrected chi connectivity index (χ0v) is 10.8. The molecule has 0 aliphatic rings. The van der Waals surface area contributed by atoms with E-state index < -0.39 is 0 Å². The summed E-state index contributed by atoms with van der Waals surface area (Å²) in [6.45, 7) is 11.1. The summed E-state index contributed by atoms with van der Waals surface area (Å²) < 4.78 is 0. The first-order chi connectivity index (χ1) is 7.27. The molecule has 15 heavy (non-hydrogen) atoms. The minimum atomic E-state index is 0.624. The molecule has 3 heteroatoms. The van der Waals surface area contributed by atoms with E-state index in [1.165, 1.54) is 5.56 Å². The molecule has 0 amide bonds. The largest absolute Gasteiger partial charge is 0.311 e. The third kappa shape index (κ3) is 4.33. The molecular formula is C12H22N2S. The molecule has 0 aromatic carbocycles. The standard InChI is InChI=1S/C12H22N2S/c1-4-14(5-2)11(3)8-13-9-12-6-7-15-10-12/h6-7,10-11,13H,4-5,8-9H2,1-3H3. The van der Waals surface area contributed by atoms with Crippen LogP contribution in [0.25, 0.3) is 0 Å². The van der Waals surface area contributed by atoms with Gasteiger partial charge in [0.1, 0.15) is 0 Å². The van der Waals surface area contributed by atoms with Gasteiger partial charge in [-0.3, -0.25) is 4.90 Å². The maximum Gasteiger partial charge on any atom is 0.0214 e. The highest BCUT2D eigenvalue weighted by Crippen LogP contribution is 2.05. The lowest BCUT2D eigenvalue weighted by Crippen LogP contribution is -2.39. The van der Waals surface area contributed by atoms with Gasteiger partial charge in [-0.15, -0.1) is 0 Å². The second-order valence-corrected chi connectivity index (χ2v) is 4.61. The molecule has 2 nitrogen and oxygen atoms in total. The number of hydrogen-bond acceptors (Lipinski definition) is 3. The average Bonchev–Trinajstić information content (AvgIpc) is 2.72. The van der Waals surface area contributed by atoms with E-state index in [1.54, 1.807) is 11.3 Å². The first kappa shape index (κ1) is 12.7. The van der Waals surface area contributed by atoms with Gasteiger partial charge in [-0.05, 0) is 42.4 Å². The first-order valence-electron chi connectivity index (χ1n) is 5.73. The van der Waals surface area contributed by atoms with Crippen LogP contribution in [0.2, 0.25) is 0 Å². The Kier molecular flexibility index (Phi) is 5.91. The minimum Gasteiger partial charge on any atom is -0.311 e. The van der Waals surface area contributed by atoms with Crippen LogP contribution in [-0.2, 0) is 6.54 Å². The molecule has 1 atom stereocenters. The van der Waals surface area contributed by atoms with Gasteiger partial charge in [0, 0.05) is 19.1 Å². The Hall–Kier alpha value is -0.380. The molecule has 0 aliphatic heterocycles. The van der Waals surface area contributed by atoms with Gasteiger partial charge in [0.2, 0.25) is 0 Å². The van der Waals surface area contributed by atoms with Crippen LogP contribution < -0.4 is 5.32 Å². The Morgan fingerprint density at radius 3 is 2.67 bits per heavy atom. The van der Waals surface area contributed by atoms with E-state index in [1.807, 2.05) is 0 Å². The van der Waals surface area contributed by atoms with Crippen LogP contribution in [0, 0.1) is 0 Å². The molecule has 1 heterocycles. The zero-order chi connectivity index (χ0) is 11.1. The van der Waals surface area contributed by atoms with Crippen LogP contribution in [0.3, 0.4) is 0 Å². The third-order valence-corrected chi connectivity index (χ3v) is 3.52. The minimum absolute atomic E-state index is 0.624. The van der Waals surface area contributed by atoms with Gasteiger partial charge in [0.15, 0.2) is 0 Å².